The van der Waals surface area contributed by atoms with Crippen LogP contribution in [-0.2, 0) is 16.9 Å². The van der Waals surface area contributed by atoms with Gasteiger partial charge in [-0.2, -0.15) is 5.10 Å². The summed E-state index contributed by atoms with van der Waals surface area (Å²) in [6.45, 7) is 3.48. The summed E-state index contributed by atoms with van der Waals surface area (Å²) in [7, 11) is 0. The summed E-state index contributed by atoms with van der Waals surface area (Å²) >= 11 is 0. The molecule has 0 saturated carbocycles. The van der Waals surface area contributed by atoms with Crippen LogP contribution in [0.5, 0.6) is 0 Å². The third-order valence-corrected chi connectivity index (χ3v) is 7.17. The average molecular weight is 524 g/mol. The Hall–Kier alpha value is -4.64. The van der Waals surface area contributed by atoms with E-state index in [1.165, 1.54) is 6.42 Å². The molecule has 1 aliphatic rings. The first kappa shape index (κ1) is 24.7. The van der Waals surface area contributed by atoms with Gasteiger partial charge in [0.15, 0.2) is 5.65 Å². The summed E-state index contributed by atoms with van der Waals surface area (Å²) < 4.78 is 1.64. The molecule has 11 nitrogen and oxygen atoms in total. The lowest BCUT2D eigenvalue weighted by Gasteiger charge is -2.26. The second-order valence-corrected chi connectivity index (χ2v) is 9.96. The van der Waals surface area contributed by atoms with Crippen LogP contribution in [0.3, 0.4) is 0 Å². The number of likely N-dealkylation sites (tertiary alicyclic amines) is 1. The Morgan fingerprint density at radius 2 is 1.87 bits per heavy atom. The number of nitrogen functional groups attached to an aromatic ring is 1. The van der Waals surface area contributed by atoms with Crippen molar-refractivity contribution < 1.29 is 9.90 Å². The molecule has 1 aliphatic heterocycles. The number of aliphatic hydroxyl groups is 1. The Labute approximate surface area is 224 Å². The molecule has 0 aliphatic carbocycles. The predicted octanol–water partition coefficient (Wildman–Crippen LogP) is 3.13. The van der Waals surface area contributed by atoms with E-state index < -0.39 is 5.60 Å². The van der Waals surface area contributed by atoms with E-state index in [9.17, 15) is 9.90 Å². The number of hydrogen-bond donors (Lipinski definition) is 3. The number of carbonyl (C=O) groups excluding carboxylic acids is 1. The van der Waals surface area contributed by atoms with Crippen LogP contribution < -0.4 is 5.73 Å². The van der Waals surface area contributed by atoms with E-state index in [0.717, 1.165) is 31.5 Å². The number of aromatic amines is 1. The van der Waals surface area contributed by atoms with Gasteiger partial charge in [0, 0.05) is 36.6 Å². The Balaban J connectivity index is 1.31. The van der Waals surface area contributed by atoms with Gasteiger partial charge in [-0.3, -0.25) is 9.48 Å². The van der Waals surface area contributed by atoms with E-state index in [1.807, 2.05) is 41.4 Å². The highest BCUT2D eigenvalue weighted by Gasteiger charge is 2.29. The van der Waals surface area contributed by atoms with E-state index in [4.69, 9.17) is 10.7 Å². The fourth-order valence-electron chi connectivity index (χ4n) is 4.95. The standard InChI is InChI=1S/C28H29N9O2/c1-28(39,19-8-4-2-5-9-19)23-12-21(34-27(29)35-23)20-14-30-26-25(20)33-22(15-31-26)18-13-32-37(16-18)17-24(38)36-10-6-3-7-11-36/h2,4-5,8-9,12-16,39H,3,6-7,10-11,17H2,1H3,(H,30,31)(H2,29,34,35). The monoisotopic (exact) mass is 523 g/mol. The zero-order valence-electron chi connectivity index (χ0n) is 21.6. The first-order chi connectivity index (χ1) is 18.9. The smallest absolute Gasteiger partial charge is 0.244 e. The molecule has 5 heterocycles. The van der Waals surface area contributed by atoms with Gasteiger partial charge < -0.3 is 20.7 Å². The minimum absolute atomic E-state index is 0.0387. The molecule has 198 valence electrons. The summed E-state index contributed by atoms with van der Waals surface area (Å²) in [5, 5.41) is 15.7. The largest absolute Gasteiger partial charge is 0.379 e. The molecule has 11 heteroatoms. The van der Waals surface area contributed by atoms with Crippen LogP contribution in [0.15, 0.2) is 61.2 Å². The fraction of sp³-hybridized carbons (Fsp3) is 0.286. The fourth-order valence-corrected chi connectivity index (χ4v) is 4.95. The lowest BCUT2D eigenvalue weighted by molar-refractivity contribution is -0.132. The average Bonchev–Trinajstić information content (AvgIpc) is 3.60. The third-order valence-electron chi connectivity index (χ3n) is 7.17. The molecule has 1 fully saturated rings. The SMILES string of the molecule is CC(O)(c1ccccc1)c1cc(-c2c[nH]c3ncc(-c4cnn(CC(=O)N5CCCCC5)c4)nc23)nc(N)n1. The quantitative estimate of drug-likeness (QED) is 0.307. The van der Waals surface area contributed by atoms with Crippen LogP contribution >= 0.6 is 0 Å². The normalized spacial score (nSPS) is 15.4. The van der Waals surface area contributed by atoms with Gasteiger partial charge in [-0.1, -0.05) is 30.3 Å². The lowest BCUT2D eigenvalue weighted by Crippen LogP contribution is -2.37. The number of piperidine rings is 1. The topological polar surface area (TPSA) is 152 Å². The Bertz CT molecular complexity index is 1640. The molecular weight excluding hydrogens is 494 g/mol. The van der Waals surface area contributed by atoms with Crippen molar-refractivity contribution in [3.63, 3.8) is 0 Å². The van der Waals surface area contributed by atoms with Gasteiger partial charge in [0.25, 0.3) is 0 Å². The number of nitrogens with one attached hydrogen (secondary N) is 1. The second kappa shape index (κ2) is 9.91. The van der Waals surface area contributed by atoms with Crippen molar-refractivity contribution in [1.29, 1.82) is 0 Å². The molecule has 1 aromatic carbocycles. The zero-order valence-corrected chi connectivity index (χ0v) is 21.6. The van der Waals surface area contributed by atoms with Crippen molar-refractivity contribution in [2.24, 2.45) is 0 Å². The van der Waals surface area contributed by atoms with Crippen LogP contribution in [0.1, 0.15) is 37.4 Å². The molecule has 1 unspecified atom stereocenters. The van der Waals surface area contributed by atoms with Gasteiger partial charge in [0.1, 0.15) is 17.7 Å². The number of amides is 1. The Morgan fingerprint density at radius 1 is 1.08 bits per heavy atom. The van der Waals surface area contributed by atoms with Crippen LogP contribution in [0, 0.1) is 0 Å². The summed E-state index contributed by atoms with van der Waals surface area (Å²) in [6, 6.07) is 11.0. The van der Waals surface area contributed by atoms with Gasteiger partial charge in [-0.25, -0.2) is 19.9 Å². The first-order valence-electron chi connectivity index (χ1n) is 13.0. The number of H-pyrrole nitrogens is 1. The van der Waals surface area contributed by atoms with E-state index in [-0.39, 0.29) is 18.4 Å². The molecular formula is C28H29N9O2. The van der Waals surface area contributed by atoms with Gasteiger partial charge in [-0.05, 0) is 37.8 Å². The van der Waals surface area contributed by atoms with E-state index >= 15 is 0 Å². The summed E-state index contributed by atoms with van der Waals surface area (Å²) in [6.07, 6.45) is 10.2. The zero-order chi connectivity index (χ0) is 27.0. The summed E-state index contributed by atoms with van der Waals surface area (Å²) in [5.74, 6) is 0.110. The number of nitrogens with two attached hydrogens (primary N) is 1. The van der Waals surface area contributed by atoms with Crippen molar-refractivity contribution in [2.45, 2.75) is 38.3 Å². The van der Waals surface area contributed by atoms with E-state index in [0.29, 0.717) is 39.4 Å². The van der Waals surface area contributed by atoms with Crippen LogP contribution in [0.25, 0.3) is 33.7 Å². The molecule has 0 spiro atoms. The Kier molecular flexibility index (Phi) is 6.27. The highest BCUT2D eigenvalue weighted by Crippen LogP contribution is 2.33. The van der Waals surface area contributed by atoms with E-state index in [1.54, 1.807) is 36.3 Å². The lowest BCUT2D eigenvalue weighted by atomic mass is 9.91. The van der Waals surface area contributed by atoms with Crippen molar-refractivity contribution in [1.82, 2.24) is 39.6 Å². The number of anilines is 1. The number of benzene rings is 1. The highest BCUT2D eigenvalue weighted by atomic mass is 16.3. The van der Waals surface area contributed by atoms with Crippen LogP contribution in [-0.4, -0.2) is 63.7 Å². The predicted molar refractivity (Wildman–Crippen MR) is 146 cm³/mol. The number of fused-ring (bicyclic) bond motifs is 1. The molecule has 0 radical (unpaired) electrons. The highest BCUT2D eigenvalue weighted by molar-refractivity contribution is 5.90. The molecule has 4 N–H and O–H groups in total. The van der Waals surface area contributed by atoms with Crippen molar-refractivity contribution in [3.05, 3.63) is 72.4 Å². The first-order valence-corrected chi connectivity index (χ1v) is 13.0. The third kappa shape index (κ3) is 4.84. The summed E-state index contributed by atoms with van der Waals surface area (Å²) in [5.41, 5.74) is 9.47. The van der Waals surface area contributed by atoms with Crippen molar-refractivity contribution in [3.8, 4) is 22.5 Å². The molecule has 6 rings (SSSR count). The number of aromatic nitrogens is 7. The molecule has 1 saturated heterocycles. The maximum absolute atomic E-state index is 12.7. The molecule has 4 aromatic heterocycles. The number of carbonyl (C=O) groups is 1. The van der Waals surface area contributed by atoms with Crippen LogP contribution in [0.4, 0.5) is 5.95 Å². The molecule has 0 bridgehead atoms. The molecule has 1 amide bonds. The number of nitrogens with zero attached hydrogens (tertiary/aromatic N) is 7. The van der Waals surface area contributed by atoms with Gasteiger partial charge in [-0.15, -0.1) is 0 Å². The van der Waals surface area contributed by atoms with Crippen molar-refractivity contribution in [2.75, 3.05) is 18.8 Å². The van der Waals surface area contributed by atoms with E-state index in [2.05, 4.69) is 25.0 Å². The number of rotatable bonds is 6. The van der Waals surface area contributed by atoms with Gasteiger partial charge >= 0.3 is 0 Å². The van der Waals surface area contributed by atoms with Crippen LogP contribution in [0.2, 0.25) is 0 Å². The minimum atomic E-state index is -1.38. The molecule has 39 heavy (non-hydrogen) atoms. The molecule has 5 aromatic rings. The minimum Gasteiger partial charge on any atom is -0.379 e. The molecule has 1 atom stereocenters. The van der Waals surface area contributed by atoms with Crippen molar-refractivity contribution >= 4 is 23.0 Å². The Morgan fingerprint density at radius 3 is 2.67 bits per heavy atom. The number of hydrogen-bond acceptors (Lipinski definition) is 8. The maximum Gasteiger partial charge on any atom is 0.244 e. The maximum atomic E-state index is 12.7. The summed E-state index contributed by atoms with van der Waals surface area (Å²) in [4.78, 5) is 35.8. The van der Waals surface area contributed by atoms with Gasteiger partial charge in [0.05, 0.1) is 29.5 Å². The van der Waals surface area contributed by atoms with Gasteiger partial charge in [0.2, 0.25) is 11.9 Å². The second-order valence-electron chi connectivity index (χ2n) is 9.96.